The van der Waals surface area contributed by atoms with E-state index in [1.54, 1.807) is 84.9 Å². The summed E-state index contributed by atoms with van der Waals surface area (Å²) in [5, 5.41) is -0.333. The molecule has 5 rings (SSSR count). The zero-order valence-electron chi connectivity index (χ0n) is 28.0. The Kier molecular flexibility index (Phi) is 9.68. The number of hydrogen-bond acceptors (Lipinski definition) is 7. The second-order valence-corrected chi connectivity index (χ2v) is 18.4. The van der Waals surface area contributed by atoms with Crippen LogP contribution in [0.3, 0.4) is 0 Å². The fourth-order valence-electron chi connectivity index (χ4n) is 5.70. The van der Waals surface area contributed by atoms with Gasteiger partial charge in [-0.25, -0.2) is 9.18 Å². The number of nitrogens with zero attached hydrogens (tertiary/aromatic N) is 2. The Hall–Kier alpha value is -3.97. The van der Waals surface area contributed by atoms with Crippen molar-refractivity contribution >= 4 is 14.1 Å². The first-order valence-electron chi connectivity index (χ1n) is 15.6. The van der Waals surface area contributed by atoms with E-state index >= 15 is 13.2 Å². The summed E-state index contributed by atoms with van der Waals surface area (Å²) in [7, 11) is -1.13. The molecule has 4 aromatic rings. The van der Waals surface area contributed by atoms with Crippen molar-refractivity contribution in [3.05, 3.63) is 124 Å². The Bertz CT molecular complexity index is 1710. The molecule has 3 atom stereocenters. The molecule has 1 saturated heterocycles. The third-order valence-electron chi connectivity index (χ3n) is 9.47. The van der Waals surface area contributed by atoms with Gasteiger partial charge in [-0.05, 0) is 53.0 Å². The second-order valence-electron chi connectivity index (χ2n) is 13.6. The Balaban J connectivity index is 1.78. The number of ether oxygens (including phenoxy) is 3. The molecule has 2 heterocycles. The number of anilines is 1. The molecule has 256 valence electrons. The lowest BCUT2D eigenvalue weighted by Gasteiger charge is -2.44. The normalized spacial score (nSPS) is 21.3. The lowest BCUT2D eigenvalue weighted by molar-refractivity contribution is -0.193. The zero-order valence-corrected chi connectivity index (χ0v) is 29.0. The van der Waals surface area contributed by atoms with Gasteiger partial charge in [0.15, 0.2) is 20.0 Å². The minimum atomic E-state index is -3.99. The van der Waals surface area contributed by atoms with E-state index in [1.165, 1.54) is 13.2 Å². The van der Waals surface area contributed by atoms with Crippen LogP contribution in [0.15, 0.2) is 102 Å². The number of rotatable bonds is 11. The van der Waals surface area contributed by atoms with Crippen LogP contribution in [0.25, 0.3) is 0 Å². The number of hydrogen-bond donors (Lipinski definition) is 1. The van der Waals surface area contributed by atoms with Crippen LogP contribution in [-0.2, 0) is 19.5 Å². The van der Waals surface area contributed by atoms with Crippen LogP contribution in [0, 0.1) is 0 Å². The number of aromatic nitrogens is 2. The Morgan fingerprint density at radius 1 is 0.917 bits per heavy atom. The predicted octanol–water partition coefficient (Wildman–Crippen LogP) is 7.11. The van der Waals surface area contributed by atoms with E-state index in [4.69, 9.17) is 24.4 Å². The van der Waals surface area contributed by atoms with E-state index in [0.717, 1.165) is 6.20 Å². The maximum Gasteiger partial charge on any atom is 0.351 e. The maximum atomic E-state index is 17.3. The van der Waals surface area contributed by atoms with Crippen LogP contribution in [0.5, 0.6) is 5.75 Å². The van der Waals surface area contributed by atoms with Gasteiger partial charge in [0.25, 0.3) is 0 Å². The summed E-state index contributed by atoms with van der Waals surface area (Å²) >= 11 is 0. The molecule has 0 radical (unpaired) electrons. The molecule has 8 nitrogen and oxygen atoms in total. The summed E-state index contributed by atoms with van der Waals surface area (Å²) in [5.74, 6) is -3.61. The average molecular weight is 682 g/mol. The summed E-state index contributed by atoms with van der Waals surface area (Å²) in [6.07, 6.45) is -3.51. The smallest absolute Gasteiger partial charge is 0.351 e. The van der Waals surface area contributed by atoms with Crippen LogP contribution in [0.4, 0.5) is 19.0 Å². The number of nitrogen functional groups attached to an aromatic ring is 1. The molecule has 0 amide bonds. The van der Waals surface area contributed by atoms with Crippen LogP contribution in [0.2, 0.25) is 18.1 Å². The lowest BCUT2D eigenvalue weighted by atomic mass is 9.79. The van der Waals surface area contributed by atoms with Gasteiger partial charge in [0.05, 0.1) is 13.7 Å². The first-order valence-corrected chi connectivity index (χ1v) is 18.6. The van der Waals surface area contributed by atoms with E-state index < -0.39 is 56.7 Å². The Morgan fingerprint density at radius 2 is 1.46 bits per heavy atom. The van der Waals surface area contributed by atoms with Gasteiger partial charge in [-0.1, -0.05) is 93.6 Å². The highest BCUT2D eigenvalue weighted by Gasteiger charge is 2.70. The van der Waals surface area contributed by atoms with Gasteiger partial charge in [0.1, 0.15) is 23.8 Å². The molecular formula is C36H42F3N3O5Si. The molecule has 0 saturated carbocycles. The monoisotopic (exact) mass is 681 g/mol. The molecule has 1 aliphatic heterocycles. The predicted molar refractivity (Wildman–Crippen MR) is 180 cm³/mol. The van der Waals surface area contributed by atoms with E-state index in [1.807, 2.05) is 33.9 Å². The van der Waals surface area contributed by atoms with Gasteiger partial charge < -0.3 is 24.4 Å². The van der Waals surface area contributed by atoms with Gasteiger partial charge in [-0.2, -0.15) is 13.8 Å². The minimum Gasteiger partial charge on any atom is -0.497 e. The third kappa shape index (κ3) is 6.29. The summed E-state index contributed by atoms with van der Waals surface area (Å²) < 4.78 is 75.7. The fourth-order valence-corrected chi connectivity index (χ4v) is 6.73. The van der Waals surface area contributed by atoms with E-state index in [-0.39, 0.29) is 10.9 Å². The van der Waals surface area contributed by atoms with Crippen LogP contribution < -0.4 is 16.2 Å². The highest BCUT2D eigenvalue weighted by molar-refractivity contribution is 6.74. The minimum absolute atomic E-state index is 0.157. The van der Waals surface area contributed by atoms with Crippen LogP contribution >= 0.6 is 0 Å². The van der Waals surface area contributed by atoms with Crippen molar-refractivity contribution in [3.8, 4) is 5.75 Å². The van der Waals surface area contributed by atoms with Crippen molar-refractivity contribution in [1.29, 1.82) is 0 Å². The van der Waals surface area contributed by atoms with Gasteiger partial charge in [-0.3, -0.25) is 4.57 Å². The highest BCUT2D eigenvalue weighted by Crippen LogP contribution is 2.54. The zero-order chi connectivity index (χ0) is 35.0. The van der Waals surface area contributed by atoms with Crippen molar-refractivity contribution in [2.45, 2.75) is 68.4 Å². The van der Waals surface area contributed by atoms with E-state index in [9.17, 15) is 4.79 Å². The molecule has 2 N–H and O–H groups in total. The molecule has 0 aliphatic carbocycles. The van der Waals surface area contributed by atoms with Crippen LogP contribution in [0.1, 0.15) is 43.7 Å². The fraction of sp³-hybridized carbons (Fsp3) is 0.389. The Morgan fingerprint density at radius 3 is 1.94 bits per heavy atom. The summed E-state index contributed by atoms with van der Waals surface area (Å²) in [4.78, 5) is 16.6. The number of nitrogens with two attached hydrogens (primary N) is 1. The van der Waals surface area contributed by atoms with E-state index in [0.29, 0.717) is 27.0 Å². The Labute approximate surface area is 279 Å². The van der Waals surface area contributed by atoms with Gasteiger partial charge in [0, 0.05) is 6.20 Å². The maximum absolute atomic E-state index is 17.3. The quantitative estimate of drug-likeness (QED) is 0.133. The third-order valence-corrected chi connectivity index (χ3v) is 13.9. The van der Waals surface area contributed by atoms with Crippen molar-refractivity contribution < 1.29 is 31.8 Å². The summed E-state index contributed by atoms with van der Waals surface area (Å²) in [5.41, 5.74) is 2.01. The molecule has 12 heteroatoms. The van der Waals surface area contributed by atoms with Crippen molar-refractivity contribution in [3.63, 3.8) is 0 Å². The molecule has 48 heavy (non-hydrogen) atoms. The van der Waals surface area contributed by atoms with E-state index in [2.05, 4.69) is 4.98 Å². The number of benzene rings is 3. The van der Waals surface area contributed by atoms with Crippen molar-refractivity contribution in [1.82, 2.24) is 9.55 Å². The molecule has 1 aliphatic rings. The molecule has 0 spiro atoms. The molecule has 1 aromatic heterocycles. The SMILES string of the molecule is COc1ccc(C(O[C@H]2C(F)(F)[C@H](n3ccc(N)nc3=O)O[C@]2(CF)CO[Si](C)(C)C(C)(C)C)(c2ccccc2)c2ccccc2)cc1. The highest BCUT2D eigenvalue weighted by atomic mass is 28.4. The van der Waals surface area contributed by atoms with Gasteiger partial charge in [0.2, 0.25) is 6.23 Å². The number of halogens is 3. The molecule has 0 bridgehead atoms. The standard InChI is InChI=1S/C36H42F3N3O5Si/c1-33(2,3)48(5,6)45-24-34(23-37)30(36(38,39)31(47-34)42-22-21-29(40)41-32(42)43)46-35(25-13-9-7-10-14-25,26-15-11-8-12-16-26)27-17-19-28(44-4)20-18-27/h7-22,30-31H,23-24H2,1-6H3,(H2,40,41,43)/t30-,31-,34-/m1/s1. The second kappa shape index (κ2) is 13.1. The lowest BCUT2D eigenvalue weighted by Crippen LogP contribution is -2.58. The largest absolute Gasteiger partial charge is 0.497 e. The van der Waals surface area contributed by atoms with Crippen LogP contribution in [-0.4, -0.2) is 55.9 Å². The average Bonchev–Trinajstić information content (AvgIpc) is 3.28. The van der Waals surface area contributed by atoms with Crippen molar-refractivity contribution in [2.75, 3.05) is 26.1 Å². The summed E-state index contributed by atoms with van der Waals surface area (Å²) in [6, 6.07) is 25.8. The molecule has 1 fully saturated rings. The molecule has 3 aromatic carbocycles. The topological polar surface area (TPSA) is 97.8 Å². The van der Waals surface area contributed by atoms with Gasteiger partial charge >= 0.3 is 11.6 Å². The number of alkyl halides is 3. The number of methoxy groups -OCH3 is 1. The summed E-state index contributed by atoms with van der Waals surface area (Å²) in [6.45, 7) is 7.87. The first kappa shape index (κ1) is 35.3. The molecule has 0 unspecified atom stereocenters. The molecular weight excluding hydrogens is 639 g/mol. The first-order chi connectivity index (χ1) is 22.6. The van der Waals surface area contributed by atoms with Gasteiger partial charge in [-0.15, -0.1) is 0 Å². The van der Waals surface area contributed by atoms with Crippen molar-refractivity contribution in [2.24, 2.45) is 0 Å².